The van der Waals surface area contributed by atoms with Gasteiger partial charge in [-0.05, 0) is 45.4 Å². The predicted octanol–water partition coefficient (Wildman–Crippen LogP) is 4.81. The molecule has 0 fully saturated rings. The van der Waals surface area contributed by atoms with Crippen LogP contribution >= 0.6 is 22.9 Å². The predicted molar refractivity (Wildman–Crippen MR) is 135 cm³/mol. The van der Waals surface area contributed by atoms with Crippen molar-refractivity contribution in [1.29, 1.82) is 0 Å². The molecule has 8 nitrogen and oxygen atoms in total. The van der Waals surface area contributed by atoms with Crippen molar-refractivity contribution in [3.05, 3.63) is 63.0 Å². The lowest BCUT2D eigenvalue weighted by Gasteiger charge is -2.26. The minimum absolute atomic E-state index is 0.0233. The van der Waals surface area contributed by atoms with Crippen molar-refractivity contribution in [2.24, 2.45) is 4.99 Å². The highest BCUT2D eigenvalue weighted by atomic mass is 35.5. The summed E-state index contributed by atoms with van der Waals surface area (Å²) in [7, 11) is 0. The third kappa shape index (κ3) is 4.62. The Morgan fingerprint density at radius 3 is 2.46 bits per heavy atom. The Hall–Kier alpha value is -3.04. The number of rotatable bonds is 8. The quantitative estimate of drug-likeness (QED) is 0.400. The van der Waals surface area contributed by atoms with E-state index in [2.05, 4.69) is 23.2 Å². The zero-order valence-corrected chi connectivity index (χ0v) is 21.7. The maximum absolute atomic E-state index is 13.7. The van der Waals surface area contributed by atoms with Crippen molar-refractivity contribution in [3.63, 3.8) is 0 Å². The van der Waals surface area contributed by atoms with E-state index in [4.69, 9.17) is 26.1 Å². The lowest BCUT2D eigenvalue weighted by Crippen LogP contribution is -2.39. The summed E-state index contributed by atoms with van der Waals surface area (Å²) in [6.45, 7) is 7.80. The van der Waals surface area contributed by atoms with Gasteiger partial charge in [0.15, 0.2) is 5.82 Å². The first-order valence-corrected chi connectivity index (χ1v) is 12.8. The van der Waals surface area contributed by atoms with Crippen molar-refractivity contribution in [2.45, 2.75) is 52.5 Å². The van der Waals surface area contributed by atoms with Gasteiger partial charge in [0.2, 0.25) is 5.54 Å². The van der Waals surface area contributed by atoms with E-state index >= 15 is 0 Å². The lowest BCUT2D eigenvalue weighted by atomic mass is 9.91. The molecule has 0 aliphatic carbocycles. The number of carbonyl (C=O) groups is 2. The third-order valence-electron chi connectivity index (χ3n) is 5.79. The second kappa shape index (κ2) is 10.3. The molecular formula is C25H27ClN4O4S. The molecule has 0 saturated heterocycles. The number of hydrogen-bond acceptors (Lipinski definition) is 8. The highest BCUT2D eigenvalue weighted by Crippen LogP contribution is 2.42. The van der Waals surface area contributed by atoms with Gasteiger partial charge in [-0.2, -0.15) is 0 Å². The number of thiophene rings is 1. The van der Waals surface area contributed by atoms with Crippen LogP contribution in [0.2, 0.25) is 5.02 Å². The van der Waals surface area contributed by atoms with Gasteiger partial charge in [0.1, 0.15) is 10.8 Å². The number of aliphatic imine (C=N–C) groups is 1. The number of ether oxygens (including phenoxy) is 2. The molecule has 1 aliphatic rings. The molecule has 10 heteroatoms. The Labute approximate surface area is 212 Å². The van der Waals surface area contributed by atoms with E-state index in [9.17, 15) is 9.59 Å². The zero-order valence-electron chi connectivity index (χ0n) is 20.1. The van der Waals surface area contributed by atoms with E-state index in [-0.39, 0.29) is 26.1 Å². The van der Waals surface area contributed by atoms with Crippen LogP contribution in [0.1, 0.15) is 61.3 Å². The van der Waals surface area contributed by atoms with Gasteiger partial charge >= 0.3 is 11.9 Å². The van der Waals surface area contributed by atoms with Crippen molar-refractivity contribution in [2.75, 3.05) is 13.2 Å². The molecule has 0 amide bonds. The average molecular weight is 515 g/mol. The number of hydrogen-bond donors (Lipinski definition) is 0. The summed E-state index contributed by atoms with van der Waals surface area (Å²) in [6, 6.07) is 9.40. The van der Waals surface area contributed by atoms with E-state index in [1.165, 1.54) is 0 Å². The monoisotopic (exact) mass is 514 g/mol. The van der Waals surface area contributed by atoms with E-state index in [0.717, 1.165) is 27.4 Å². The van der Waals surface area contributed by atoms with E-state index < -0.39 is 17.5 Å². The van der Waals surface area contributed by atoms with Gasteiger partial charge in [0.05, 0.1) is 18.9 Å². The third-order valence-corrected chi connectivity index (χ3v) is 7.31. The summed E-state index contributed by atoms with van der Waals surface area (Å²) in [5, 5.41) is 10.2. The minimum Gasteiger partial charge on any atom is -0.466 e. The average Bonchev–Trinajstić information content (AvgIpc) is 3.41. The molecule has 35 heavy (non-hydrogen) atoms. The van der Waals surface area contributed by atoms with Gasteiger partial charge in [-0.25, -0.2) is 4.79 Å². The molecule has 1 unspecified atom stereocenters. The minimum atomic E-state index is -1.59. The van der Waals surface area contributed by atoms with E-state index in [1.54, 1.807) is 37.3 Å². The molecule has 0 spiro atoms. The first-order chi connectivity index (χ1) is 16.8. The lowest BCUT2D eigenvalue weighted by molar-refractivity contribution is -0.151. The number of nitrogens with zero attached hydrogens (tertiary/aromatic N) is 4. The first-order valence-electron chi connectivity index (χ1n) is 11.6. The van der Waals surface area contributed by atoms with Crippen LogP contribution in [0.4, 0.5) is 0 Å². The molecular weight excluding hydrogens is 488 g/mol. The molecule has 3 aromatic rings. The van der Waals surface area contributed by atoms with Crippen molar-refractivity contribution < 1.29 is 19.1 Å². The van der Waals surface area contributed by atoms with Crippen LogP contribution in [0.15, 0.2) is 35.3 Å². The largest absolute Gasteiger partial charge is 0.466 e. The first kappa shape index (κ1) is 25.1. The van der Waals surface area contributed by atoms with Crippen LogP contribution in [0, 0.1) is 6.92 Å². The molecule has 1 atom stereocenters. The molecule has 0 bridgehead atoms. The highest BCUT2D eigenvalue weighted by molar-refractivity contribution is 7.15. The van der Waals surface area contributed by atoms with Crippen molar-refractivity contribution in [3.8, 4) is 5.00 Å². The summed E-state index contributed by atoms with van der Waals surface area (Å²) in [5.41, 5.74) is 0.664. The molecule has 1 aliphatic heterocycles. The Kier molecular flexibility index (Phi) is 7.37. The van der Waals surface area contributed by atoms with Crippen LogP contribution < -0.4 is 0 Å². The number of aryl methyl sites for hydroxylation is 2. The van der Waals surface area contributed by atoms with Crippen LogP contribution in [-0.2, 0) is 31.0 Å². The smallest absolute Gasteiger partial charge is 0.342 e. The molecule has 3 heterocycles. The SMILES string of the molecule is CCOC(=O)CCC1(C(=O)OCC)N=C(c2ccc(Cl)cc2)c2cc(CC)sc2-n2c(C)nnc21. The maximum Gasteiger partial charge on any atom is 0.342 e. The Bertz CT molecular complexity index is 1280. The van der Waals surface area contributed by atoms with Crippen molar-refractivity contribution >= 4 is 40.6 Å². The molecule has 2 aromatic heterocycles. The summed E-state index contributed by atoms with van der Waals surface area (Å²) >= 11 is 7.76. The Morgan fingerprint density at radius 1 is 1.09 bits per heavy atom. The topological polar surface area (TPSA) is 95.7 Å². The van der Waals surface area contributed by atoms with Gasteiger partial charge in [0.25, 0.3) is 0 Å². The fraction of sp³-hybridized carbons (Fsp3) is 0.400. The van der Waals surface area contributed by atoms with E-state index in [1.807, 2.05) is 23.6 Å². The normalized spacial score (nSPS) is 16.7. The van der Waals surface area contributed by atoms with Gasteiger partial charge < -0.3 is 9.47 Å². The van der Waals surface area contributed by atoms with Crippen LogP contribution in [0.5, 0.6) is 0 Å². The summed E-state index contributed by atoms with van der Waals surface area (Å²) < 4.78 is 12.5. The van der Waals surface area contributed by atoms with Gasteiger partial charge in [-0.15, -0.1) is 21.5 Å². The van der Waals surface area contributed by atoms with E-state index in [0.29, 0.717) is 22.4 Å². The fourth-order valence-electron chi connectivity index (χ4n) is 4.12. The summed E-state index contributed by atoms with van der Waals surface area (Å²) in [4.78, 5) is 32.3. The highest BCUT2D eigenvalue weighted by Gasteiger charge is 2.49. The fourth-order valence-corrected chi connectivity index (χ4v) is 5.39. The van der Waals surface area contributed by atoms with Gasteiger partial charge in [-0.1, -0.05) is 30.7 Å². The number of fused-ring (bicyclic) bond motifs is 3. The molecule has 184 valence electrons. The number of halogens is 1. The van der Waals surface area contributed by atoms with Crippen LogP contribution in [0.3, 0.4) is 0 Å². The molecule has 0 N–H and O–H groups in total. The van der Waals surface area contributed by atoms with Crippen LogP contribution in [-0.4, -0.2) is 45.6 Å². The summed E-state index contributed by atoms with van der Waals surface area (Å²) in [6.07, 6.45) is 0.827. The molecule has 0 radical (unpaired) electrons. The number of carbonyl (C=O) groups excluding carboxylic acids is 2. The number of aromatic nitrogens is 3. The zero-order chi connectivity index (χ0) is 25.2. The van der Waals surface area contributed by atoms with Crippen molar-refractivity contribution in [1.82, 2.24) is 14.8 Å². The molecule has 4 rings (SSSR count). The molecule has 0 saturated carbocycles. The van der Waals surface area contributed by atoms with Gasteiger partial charge in [-0.3, -0.25) is 14.4 Å². The molecule has 1 aromatic carbocycles. The maximum atomic E-state index is 13.7. The Morgan fingerprint density at radius 2 is 1.80 bits per heavy atom. The number of esters is 2. The van der Waals surface area contributed by atoms with Crippen LogP contribution in [0.25, 0.3) is 5.00 Å². The van der Waals surface area contributed by atoms with Gasteiger partial charge in [0, 0.05) is 33.9 Å². The second-order valence-corrected chi connectivity index (χ2v) is 9.60. The number of benzene rings is 1. The standard InChI is InChI=1S/C25H27ClN4O4S/c1-5-18-14-19-21(16-8-10-17(26)11-9-16)27-25(24(32)34-7-3,13-12-20(31)33-6-2)23-29-28-15(4)30(23)22(19)35-18/h8-11,14H,5-7,12-13H2,1-4H3. The summed E-state index contributed by atoms with van der Waals surface area (Å²) in [5.74, 6) is -0.0691. The second-order valence-electron chi connectivity index (χ2n) is 8.04. The Balaban J connectivity index is 2.02.